The second kappa shape index (κ2) is 6.15. The first-order chi connectivity index (χ1) is 10.4. The van der Waals surface area contributed by atoms with Crippen LogP contribution in [0.25, 0.3) is 0 Å². The molecule has 1 aliphatic heterocycles. The molecule has 1 amide bonds. The predicted octanol–water partition coefficient (Wildman–Crippen LogP) is 3.56. The average molecular weight is 336 g/mol. The van der Waals surface area contributed by atoms with Crippen LogP contribution < -0.4 is 5.32 Å². The molecule has 4 nitrogen and oxygen atoms in total. The van der Waals surface area contributed by atoms with Crippen LogP contribution in [-0.4, -0.2) is 48.9 Å². The van der Waals surface area contributed by atoms with E-state index < -0.39 is 35.2 Å². The number of carbonyl (C=O) groups excluding carboxylic acids is 1. The Labute approximate surface area is 135 Å². The van der Waals surface area contributed by atoms with Gasteiger partial charge in [-0.15, -0.1) is 0 Å². The Morgan fingerprint density at radius 1 is 1.22 bits per heavy atom. The molecule has 2 rings (SSSR count). The topological polar surface area (TPSA) is 41.6 Å². The zero-order chi connectivity index (χ0) is 17.5. The van der Waals surface area contributed by atoms with Crippen LogP contribution in [0.4, 0.5) is 18.0 Å². The molecule has 1 saturated carbocycles. The van der Waals surface area contributed by atoms with Crippen molar-refractivity contribution >= 4 is 6.09 Å². The van der Waals surface area contributed by atoms with E-state index in [0.29, 0.717) is 12.8 Å². The number of piperidine rings is 1. The molecular formula is C16H27F3N2O2. The largest absolute Gasteiger partial charge is 0.444 e. The Bertz CT molecular complexity index is 438. The second-order valence-corrected chi connectivity index (χ2v) is 8.04. The van der Waals surface area contributed by atoms with E-state index in [9.17, 15) is 18.0 Å². The maximum absolute atomic E-state index is 13.2. The lowest BCUT2D eigenvalue weighted by molar-refractivity contribution is -0.175. The molecule has 23 heavy (non-hydrogen) atoms. The highest BCUT2D eigenvalue weighted by Gasteiger charge is 2.56. The third-order valence-corrected chi connectivity index (χ3v) is 5.05. The van der Waals surface area contributed by atoms with Crippen LogP contribution in [-0.2, 0) is 4.74 Å². The minimum Gasteiger partial charge on any atom is -0.444 e. The first-order valence-electron chi connectivity index (χ1n) is 8.16. The van der Waals surface area contributed by atoms with Crippen molar-refractivity contribution < 1.29 is 22.7 Å². The van der Waals surface area contributed by atoms with Gasteiger partial charge in [-0.05, 0) is 72.0 Å². The molecule has 0 bridgehead atoms. The van der Waals surface area contributed by atoms with Crippen molar-refractivity contribution in [1.82, 2.24) is 10.2 Å². The molecule has 0 unspecified atom stereocenters. The van der Waals surface area contributed by atoms with E-state index in [1.54, 1.807) is 20.8 Å². The van der Waals surface area contributed by atoms with E-state index in [-0.39, 0.29) is 12.8 Å². The van der Waals surface area contributed by atoms with Crippen molar-refractivity contribution in [2.45, 2.75) is 64.3 Å². The molecule has 0 aromatic heterocycles. The number of nitrogens with zero attached hydrogens (tertiary/aromatic N) is 1. The minimum absolute atomic E-state index is 0.0491. The zero-order valence-electron chi connectivity index (χ0n) is 14.3. The van der Waals surface area contributed by atoms with Gasteiger partial charge >= 0.3 is 12.3 Å². The van der Waals surface area contributed by atoms with Crippen molar-refractivity contribution in [1.29, 1.82) is 0 Å². The Hall–Kier alpha value is -0.980. The standard InChI is InChI=1S/C16H27F3N2O2/c1-14(2,3)23-13(22)20-12-9-11(16(17,18)19)10-15(12)5-7-21(4)8-6-15/h11-12H,5-10H2,1-4H3,(H,20,22)/t11-,12+/m0/s1. The molecular weight excluding hydrogens is 309 g/mol. The number of carbonyl (C=O) groups is 1. The van der Waals surface area contributed by atoms with Crippen molar-refractivity contribution in [3.05, 3.63) is 0 Å². The molecule has 1 spiro atoms. The molecule has 2 aliphatic rings. The van der Waals surface area contributed by atoms with Crippen LogP contribution in [0.1, 0.15) is 46.5 Å². The van der Waals surface area contributed by atoms with Gasteiger partial charge < -0.3 is 15.0 Å². The fraction of sp³-hybridized carbons (Fsp3) is 0.938. The lowest BCUT2D eigenvalue weighted by Crippen LogP contribution is -2.50. The van der Waals surface area contributed by atoms with E-state index in [2.05, 4.69) is 10.2 Å². The first-order valence-corrected chi connectivity index (χ1v) is 8.16. The summed E-state index contributed by atoms with van der Waals surface area (Å²) >= 11 is 0. The van der Waals surface area contributed by atoms with E-state index in [1.165, 1.54) is 0 Å². The molecule has 1 saturated heterocycles. The van der Waals surface area contributed by atoms with Gasteiger partial charge in [-0.1, -0.05) is 0 Å². The normalized spacial score (nSPS) is 28.8. The van der Waals surface area contributed by atoms with Gasteiger partial charge in [-0.3, -0.25) is 0 Å². The summed E-state index contributed by atoms with van der Waals surface area (Å²) in [6, 6.07) is -0.474. The molecule has 1 aliphatic carbocycles. The molecule has 2 fully saturated rings. The van der Waals surface area contributed by atoms with E-state index in [0.717, 1.165) is 13.1 Å². The molecule has 0 aromatic carbocycles. The summed E-state index contributed by atoms with van der Waals surface area (Å²) in [6.45, 7) is 6.75. The summed E-state index contributed by atoms with van der Waals surface area (Å²) in [5.74, 6) is -1.34. The number of hydrogen-bond donors (Lipinski definition) is 1. The maximum atomic E-state index is 13.2. The zero-order valence-corrected chi connectivity index (χ0v) is 14.3. The lowest BCUT2D eigenvalue weighted by atomic mass is 9.73. The molecule has 1 heterocycles. The SMILES string of the molecule is CN1CCC2(CC1)C[C@@H](C(F)(F)F)C[C@H]2NC(=O)OC(C)(C)C. The number of hydrogen-bond acceptors (Lipinski definition) is 3. The smallest absolute Gasteiger partial charge is 0.407 e. The van der Waals surface area contributed by atoms with Crippen LogP contribution in [0.3, 0.4) is 0 Å². The summed E-state index contributed by atoms with van der Waals surface area (Å²) in [7, 11) is 1.97. The predicted molar refractivity (Wildman–Crippen MR) is 81.1 cm³/mol. The van der Waals surface area contributed by atoms with Crippen LogP contribution in [0, 0.1) is 11.3 Å². The highest BCUT2D eigenvalue weighted by molar-refractivity contribution is 5.68. The minimum atomic E-state index is -4.21. The van der Waals surface area contributed by atoms with E-state index in [1.807, 2.05) is 7.05 Å². The second-order valence-electron chi connectivity index (χ2n) is 8.04. The molecule has 7 heteroatoms. The van der Waals surface area contributed by atoms with Crippen LogP contribution in [0.5, 0.6) is 0 Å². The van der Waals surface area contributed by atoms with Gasteiger partial charge in [0.2, 0.25) is 0 Å². The monoisotopic (exact) mass is 336 g/mol. The molecule has 0 aromatic rings. The molecule has 2 atom stereocenters. The van der Waals surface area contributed by atoms with Gasteiger partial charge in [0, 0.05) is 6.04 Å². The molecule has 0 radical (unpaired) electrons. The van der Waals surface area contributed by atoms with Gasteiger partial charge in [-0.25, -0.2) is 4.79 Å². The number of amides is 1. The van der Waals surface area contributed by atoms with E-state index >= 15 is 0 Å². The summed E-state index contributed by atoms with van der Waals surface area (Å²) in [6.07, 6.45) is -3.42. The quantitative estimate of drug-likeness (QED) is 0.796. The van der Waals surface area contributed by atoms with Crippen molar-refractivity contribution in [2.75, 3.05) is 20.1 Å². The van der Waals surface area contributed by atoms with E-state index in [4.69, 9.17) is 4.74 Å². The third kappa shape index (κ3) is 4.52. The Morgan fingerprint density at radius 3 is 2.26 bits per heavy atom. The Morgan fingerprint density at radius 2 is 1.78 bits per heavy atom. The van der Waals surface area contributed by atoms with Gasteiger partial charge in [0.15, 0.2) is 0 Å². The Balaban J connectivity index is 2.12. The molecule has 1 N–H and O–H groups in total. The van der Waals surface area contributed by atoms with Gasteiger partial charge in [0.1, 0.15) is 5.60 Å². The van der Waals surface area contributed by atoms with Gasteiger partial charge in [0.25, 0.3) is 0 Å². The van der Waals surface area contributed by atoms with Crippen molar-refractivity contribution in [3.8, 4) is 0 Å². The number of alkyl carbamates (subject to hydrolysis) is 1. The number of rotatable bonds is 1. The number of halogens is 3. The first kappa shape index (κ1) is 18.4. The maximum Gasteiger partial charge on any atom is 0.407 e. The third-order valence-electron chi connectivity index (χ3n) is 5.05. The fourth-order valence-electron chi connectivity index (χ4n) is 3.78. The molecule has 134 valence electrons. The lowest BCUT2D eigenvalue weighted by Gasteiger charge is -2.42. The summed E-state index contributed by atoms with van der Waals surface area (Å²) in [4.78, 5) is 14.2. The van der Waals surface area contributed by atoms with Crippen molar-refractivity contribution in [3.63, 3.8) is 0 Å². The fourth-order valence-corrected chi connectivity index (χ4v) is 3.78. The van der Waals surface area contributed by atoms with Crippen LogP contribution in [0.15, 0.2) is 0 Å². The summed E-state index contributed by atoms with van der Waals surface area (Å²) < 4.78 is 44.8. The van der Waals surface area contributed by atoms with Gasteiger partial charge in [0.05, 0.1) is 5.92 Å². The van der Waals surface area contributed by atoms with Gasteiger partial charge in [-0.2, -0.15) is 13.2 Å². The van der Waals surface area contributed by atoms with Crippen LogP contribution >= 0.6 is 0 Å². The highest BCUT2D eigenvalue weighted by atomic mass is 19.4. The number of ether oxygens (including phenoxy) is 1. The average Bonchev–Trinajstić information content (AvgIpc) is 2.70. The highest BCUT2D eigenvalue weighted by Crippen LogP contribution is 2.53. The Kier molecular flexibility index (Phi) is 4.91. The summed E-state index contributed by atoms with van der Waals surface area (Å²) in [5, 5.41) is 2.73. The van der Waals surface area contributed by atoms with Crippen molar-refractivity contribution in [2.24, 2.45) is 11.3 Å². The number of alkyl halides is 3. The summed E-state index contributed by atoms with van der Waals surface area (Å²) in [5.41, 5.74) is -1.13. The van der Waals surface area contributed by atoms with Crippen LogP contribution in [0.2, 0.25) is 0 Å². The number of nitrogens with one attached hydrogen (secondary N) is 1. The number of likely N-dealkylation sites (tertiary alicyclic amines) is 1.